The molecule has 4 rings (SSSR count). The average Bonchev–Trinajstić information content (AvgIpc) is 2.74. The number of nitrogens with one attached hydrogen (secondary N) is 1. The fourth-order valence-electron chi connectivity index (χ4n) is 3.71. The van der Waals surface area contributed by atoms with Crippen LogP contribution in [0.1, 0.15) is 11.6 Å². The van der Waals surface area contributed by atoms with Gasteiger partial charge in [0.25, 0.3) is 15.9 Å². The summed E-state index contributed by atoms with van der Waals surface area (Å²) in [5.41, 5.74) is 1.29. The molecule has 1 aromatic rings. The van der Waals surface area contributed by atoms with Gasteiger partial charge < -0.3 is 15.0 Å². The van der Waals surface area contributed by atoms with Crippen molar-refractivity contribution in [2.24, 2.45) is 4.40 Å². The van der Waals surface area contributed by atoms with E-state index in [4.69, 9.17) is 16.3 Å². The van der Waals surface area contributed by atoms with E-state index >= 15 is 0 Å². The molecule has 1 amide bonds. The Morgan fingerprint density at radius 2 is 1.93 bits per heavy atom. The number of amidine groups is 1. The fraction of sp³-hybridized carbons (Fsp3) is 0.400. The van der Waals surface area contributed by atoms with Crippen LogP contribution in [-0.2, 0) is 19.6 Å². The monoisotopic (exact) mass is 450 g/mol. The summed E-state index contributed by atoms with van der Waals surface area (Å²) >= 11 is 6.04. The molecular weight excluding hydrogens is 428 g/mol. The van der Waals surface area contributed by atoms with Crippen molar-refractivity contribution in [2.45, 2.75) is 6.04 Å². The molecule has 160 valence electrons. The molecule has 3 heterocycles. The number of fused-ring (bicyclic) bond motifs is 1. The topological polar surface area (TPSA) is 91.3 Å². The standard InChI is InChI=1S/C20H23ClN4O4S/c21-16-5-3-15(4-6-16)18(24-8-11-29-12-9-24)14-22-20(26)17-2-1-7-25-10-13-30(27,28)23-19(17)25/h1-7,18H,8-14H2,(H,22,26). The maximum Gasteiger partial charge on any atom is 0.256 e. The quantitative estimate of drug-likeness (QED) is 0.727. The lowest BCUT2D eigenvalue weighted by Gasteiger charge is -2.35. The van der Waals surface area contributed by atoms with Crippen molar-refractivity contribution < 1.29 is 17.9 Å². The Kier molecular flexibility index (Phi) is 6.24. The fourth-order valence-corrected chi connectivity index (χ4v) is 4.82. The lowest BCUT2D eigenvalue weighted by Crippen LogP contribution is -2.46. The lowest BCUT2D eigenvalue weighted by atomic mass is 10.0. The van der Waals surface area contributed by atoms with E-state index in [9.17, 15) is 13.2 Å². The largest absolute Gasteiger partial charge is 0.379 e. The first-order valence-electron chi connectivity index (χ1n) is 9.76. The first-order valence-corrected chi connectivity index (χ1v) is 11.8. The number of carbonyl (C=O) groups is 1. The molecule has 0 spiro atoms. The molecule has 0 aromatic heterocycles. The van der Waals surface area contributed by atoms with Crippen molar-refractivity contribution in [1.29, 1.82) is 0 Å². The lowest BCUT2D eigenvalue weighted by molar-refractivity contribution is -0.117. The number of rotatable bonds is 5. The maximum absolute atomic E-state index is 13.0. The van der Waals surface area contributed by atoms with Crippen LogP contribution in [0.5, 0.6) is 0 Å². The smallest absolute Gasteiger partial charge is 0.256 e. The van der Waals surface area contributed by atoms with Crippen LogP contribution in [0.2, 0.25) is 5.02 Å². The summed E-state index contributed by atoms with van der Waals surface area (Å²) in [6.07, 6.45) is 5.05. The van der Waals surface area contributed by atoms with Crippen molar-refractivity contribution in [2.75, 3.05) is 45.1 Å². The van der Waals surface area contributed by atoms with Gasteiger partial charge in [0, 0.05) is 37.4 Å². The van der Waals surface area contributed by atoms with Crippen LogP contribution in [-0.4, -0.2) is 75.1 Å². The second-order valence-corrected chi connectivity index (χ2v) is 9.43. The third kappa shape index (κ3) is 4.75. The number of hydrogen-bond donors (Lipinski definition) is 1. The summed E-state index contributed by atoms with van der Waals surface area (Å²) in [7, 11) is -3.56. The van der Waals surface area contributed by atoms with Gasteiger partial charge in [-0.1, -0.05) is 23.7 Å². The highest BCUT2D eigenvalue weighted by Crippen LogP contribution is 2.24. The first kappa shape index (κ1) is 21.0. The van der Waals surface area contributed by atoms with Gasteiger partial charge in [0.1, 0.15) is 0 Å². The Morgan fingerprint density at radius 3 is 2.67 bits per heavy atom. The second kappa shape index (κ2) is 8.89. The van der Waals surface area contributed by atoms with E-state index in [0.29, 0.717) is 24.8 Å². The highest BCUT2D eigenvalue weighted by Gasteiger charge is 2.31. The van der Waals surface area contributed by atoms with E-state index in [1.807, 2.05) is 24.3 Å². The van der Waals surface area contributed by atoms with Gasteiger partial charge in [0.05, 0.1) is 30.6 Å². The van der Waals surface area contributed by atoms with Gasteiger partial charge in [-0.15, -0.1) is 4.40 Å². The number of nitrogens with zero attached hydrogens (tertiary/aromatic N) is 3. The summed E-state index contributed by atoms with van der Waals surface area (Å²) in [5, 5.41) is 3.62. The molecule has 1 unspecified atom stereocenters. The number of morpholine rings is 1. The predicted molar refractivity (Wildman–Crippen MR) is 115 cm³/mol. The molecule has 8 nitrogen and oxygen atoms in total. The van der Waals surface area contributed by atoms with Gasteiger partial charge in [0.2, 0.25) is 0 Å². The summed E-state index contributed by atoms with van der Waals surface area (Å²) < 4.78 is 33.1. The number of benzene rings is 1. The number of sulfonamides is 1. The number of carbonyl (C=O) groups excluding carboxylic acids is 1. The first-order chi connectivity index (χ1) is 14.4. The summed E-state index contributed by atoms with van der Waals surface area (Å²) in [6.45, 7) is 3.43. The zero-order valence-electron chi connectivity index (χ0n) is 16.3. The SMILES string of the molecule is O=C(NCC(c1ccc(Cl)cc1)N1CCOCC1)C1=CC=CN2CCS(=O)(=O)N=C12. The average molecular weight is 451 g/mol. The number of ether oxygens (including phenoxy) is 1. The molecular formula is C20H23ClN4O4S. The van der Waals surface area contributed by atoms with Crippen LogP contribution in [0, 0.1) is 0 Å². The third-order valence-corrected chi connectivity index (χ3v) is 6.70. The van der Waals surface area contributed by atoms with Crippen molar-refractivity contribution in [3.05, 3.63) is 58.8 Å². The van der Waals surface area contributed by atoms with Gasteiger partial charge in [-0.25, -0.2) is 8.42 Å². The van der Waals surface area contributed by atoms with E-state index < -0.39 is 10.0 Å². The molecule has 0 saturated carbocycles. The minimum Gasteiger partial charge on any atom is -0.379 e. The summed E-state index contributed by atoms with van der Waals surface area (Å²) in [6, 6.07) is 7.52. The molecule has 1 atom stereocenters. The van der Waals surface area contributed by atoms with E-state index in [-0.39, 0.29) is 35.7 Å². The molecule has 3 aliphatic heterocycles. The van der Waals surface area contributed by atoms with Crippen LogP contribution >= 0.6 is 11.6 Å². The Balaban J connectivity index is 1.52. The predicted octanol–water partition coefficient (Wildman–Crippen LogP) is 1.33. The molecule has 1 N–H and O–H groups in total. The minimum absolute atomic E-state index is 0.0528. The van der Waals surface area contributed by atoms with Crippen molar-refractivity contribution in [3.8, 4) is 0 Å². The van der Waals surface area contributed by atoms with Crippen molar-refractivity contribution >= 4 is 33.4 Å². The van der Waals surface area contributed by atoms with Crippen LogP contribution in [0.15, 0.2) is 52.6 Å². The molecule has 1 saturated heterocycles. The van der Waals surface area contributed by atoms with Crippen molar-refractivity contribution in [1.82, 2.24) is 15.1 Å². The van der Waals surface area contributed by atoms with E-state index in [1.165, 1.54) is 0 Å². The zero-order chi connectivity index (χ0) is 21.1. The van der Waals surface area contributed by atoms with E-state index in [2.05, 4.69) is 14.6 Å². The molecule has 1 fully saturated rings. The van der Waals surface area contributed by atoms with Crippen LogP contribution < -0.4 is 5.32 Å². The van der Waals surface area contributed by atoms with E-state index in [0.717, 1.165) is 18.7 Å². The number of allylic oxidation sites excluding steroid dienone is 2. The normalized spacial score (nSPS) is 22.0. The number of hydrogen-bond acceptors (Lipinski definition) is 6. The molecule has 30 heavy (non-hydrogen) atoms. The number of amides is 1. The second-order valence-electron chi connectivity index (χ2n) is 7.24. The Morgan fingerprint density at radius 1 is 1.20 bits per heavy atom. The van der Waals surface area contributed by atoms with Gasteiger partial charge in [0.15, 0.2) is 5.84 Å². The van der Waals surface area contributed by atoms with Gasteiger partial charge >= 0.3 is 0 Å². The summed E-state index contributed by atoms with van der Waals surface area (Å²) in [4.78, 5) is 16.9. The maximum atomic E-state index is 13.0. The Labute approximate surface area is 180 Å². The molecule has 0 aliphatic carbocycles. The van der Waals surface area contributed by atoms with Crippen LogP contribution in [0.25, 0.3) is 0 Å². The van der Waals surface area contributed by atoms with Crippen LogP contribution in [0.4, 0.5) is 0 Å². The van der Waals surface area contributed by atoms with E-state index in [1.54, 1.807) is 23.3 Å². The highest BCUT2D eigenvalue weighted by atomic mass is 35.5. The van der Waals surface area contributed by atoms with Crippen LogP contribution in [0.3, 0.4) is 0 Å². The molecule has 0 radical (unpaired) electrons. The summed E-state index contributed by atoms with van der Waals surface area (Å²) in [5.74, 6) is -0.242. The molecule has 1 aromatic carbocycles. The van der Waals surface area contributed by atoms with Gasteiger partial charge in [-0.05, 0) is 29.8 Å². The minimum atomic E-state index is -3.56. The Bertz CT molecular complexity index is 998. The molecule has 0 bridgehead atoms. The molecule has 3 aliphatic rings. The molecule has 10 heteroatoms. The van der Waals surface area contributed by atoms with Gasteiger partial charge in [-0.3, -0.25) is 9.69 Å². The third-order valence-electron chi connectivity index (χ3n) is 5.30. The van der Waals surface area contributed by atoms with Crippen molar-refractivity contribution in [3.63, 3.8) is 0 Å². The zero-order valence-corrected chi connectivity index (χ0v) is 17.9. The number of halogens is 1. The highest BCUT2D eigenvalue weighted by molar-refractivity contribution is 7.90. The van der Waals surface area contributed by atoms with Gasteiger partial charge in [-0.2, -0.15) is 0 Å². The Hall–Kier alpha value is -2.20.